The van der Waals surface area contributed by atoms with Gasteiger partial charge in [-0.2, -0.15) is 0 Å². The SMILES string of the molecule is O=C(NCCOc1ccccc1)c1ccc(CS(=O)(=O)c2ccccc2)cc1. The van der Waals surface area contributed by atoms with Crippen LogP contribution in [0, 0.1) is 0 Å². The largest absolute Gasteiger partial charge is 0.492 e. The quantitative estimate of drug-likeness (QED) is 0.593. The number of carbonyl (C=O) groups excluding carboxylic acids is 1. The van der Waals surface area contributed by atoms with E-state index in [2.05, 4.69) is 5.32 Å². The molecule has 0 saturated heterocycles. The van der Waals surface area contributed by atoms with E-state index in [1.165, 1.54) is 0 Å². The number of para-hydroxylation sites is 1. The van der Waals surface area contributed by atoms with Gasteiger partial charge in [0.25, 0.3) is 5.91 Å². The number of benzene rings is 3. The van der Waals surface area contributed by atoms with E-state index in [0.29, 0.717) is 24.3 Å². The number of sulfone groups is 1. The molecule has 3 aromatic rings. The molecular weight excluding hydrogens is 374 g/mol. The van der Waals surface area contributed by atoms with E-state index in [1.807, 2.05) is 30.3 Å². The van der Waals surface area contributed by atoms with Crippen LogP contribution in [0.1, 0.15) is 15.9 Å². The summed E-state index contributed by atoms with van der Waals surface area (Å²) in [6.45, 7) is 0.737. The van der Waals surface area contributed by atoms with E-state index in [1.54, 1.807) is 54.6 Å². The van der Waals surface area contributed by atoms with Gasteiger partial charge in [0, 0.05) is 5.56 Å². The summed E-state index contributed by atoms with van der Waals surface area (Å²) in [5.41, 5.74) is 1.10. The highest BCUT2D eigenvalue weighted by molar-refractivity contribution is 7.90. The molecule has 0 saturated carbocycles. The molecule has 0 heterocycles. The Hall–Kier alpha value is -3.12. The zero-order chi connectivity index (χ0) is 19.8. The van der Waals surface area contributed by atoms with E-state index >= 15 is 0 Å². The Morgan fingerprint density at radius 1 is 0.821 bits per heavy atom. The molecule has 0 radical (unpaired) electrons. The van der Waals surface area contributed by atoms with Crippen LogP contribution in [0.15, 0.2) is 89.8 Å². The van der Waals surface area contributed by atoms with E-state index in [0.717, 1.165) is 5.75 Å². The third kappa shape index (κ3) is 5.44. The van der Waals surface area contributed by atoms with Gasteiger partial charge in [-0.3, -0.25) is 4.79 Å². The van der Waals surface area contributed by atoms with Crippen molar-refractivity contribution < 1.29 is 17.9 Å². The van der Waals surface area contributed by atoms with Crippen LogP contribution >= 0.6 is 0 Å². The summed E-state index contributed by atoms with van der Waals surface area (Å²) >= 11 is 0. The summed E-state index contributed by atoms with van der Waals surface area (Å²) in [5, 5.41) is 2.78. The van der Waals surface area contributed by atoms with Crippen LogP contribution < -0.4 is 10.1 Å². The predicted octanol–water partition coefficient (Wildman–Crippen LogP) is 3.47. The minimum absolute atomic E-state index is 0.107. The van der Waals surface area contributed by atoms with Crippen molar-refractivity contribution in [2.24, 2.45) is 0 Å². The Morgan fingerprint density at radius 3 is 2.07 bits per heavy atom. The van der Waals surface area contributed by atoms with Gasteiger partial charge in [0.2, 0.25) is 0 Å². The van der Waals surface area contributed by atoms with Crippen LogP contribution in [-0.2, 0) is 15.6 Å². The topological polar surface area (TPSA) is 72.5 Å². The Labute approximate surface area is 164 Å². The average Bonchev–Trinajstić information content (AvgIpc) is 2.73. The summed E-state index contributed by atoms with van der Waals surface area (Å²) < 4.78 is 30.4. The third-order valence-corrected chi connectivity index (χ3v) is 5.78. The summed E-state index contributed by atoms with van der Waals surface area (Å²) in [4.78, 5) is 12.5. The maximum atomic E-state index is 12.4. The number of amides is 1. The molecule has 0 aliphatic rings. The normalized spacial score (nSPS) is 11.0. The van der Waals surface area contributed by atoms with Crippen LogP contribution in [-0.4, -0.2) is 27.5 Å². The molecule has 0 atom stereocenters. The number of nitrogens with one attached hydrogen (secondary N) is 1. The van der Waals surface area contributed by atoms with Crippen molar-refractivity contribution >= 4 is 15.7 Å². The first-order chi connectivity index (χ1) is 13.5. The molecule has 0 bridgehead atoms. The van der Waals surface area contributed by atoms with Crippen molar-refractivity contribution in [2.75, 3.05) is 13.2 Å². The molecule has 1 amide bonds. The van der Waals surface area contributed by atoms with Gasteiger partial charge in [-0.15, -0.1) is 0 Å². The zero-order valence-corrected chi connectivity index (χ0v) is 16.1. The first-order valence-electron chi connectivity index (χ1n) is 8.87. The lowest BCUT2D eigenvalue weighted by molar-refractivity contribution is 0.0947. The highest BCUT2D eigenvalue weighted by atomic mass is 32.2. The lowest BCUT2D eigenvalue weighted by Gasteiger charge is -2.08. The van der Waals surface area contributed by atoms with Gasteiger partial charge < -0.3 is 10.1 Å². The molecule has 3 rings (SSSR count). The maximum Gasteiger partial charge on any atom is 0.251 e. The van der Waals surface area contributed by atoms with E-state index in [9.17, 15) is 13.2 Å². The molecule has 0 spiro atoms. The highest BCUT2D eigenvalue weighted by Crippen LogP contribution is 2.16. The van der Waals surface area contributed by atoms with Crippen molar-refractivity contribution in [1.29, 1.82) is 0 Å². The second-order valence-corrected chi connectivity index (χ2v) is 8.18. The first kappa shape index (κ1) is 19.6. The van der Waals surface area contributed by atoms with Gasteiger partial charge in [0.05, 0.1) is 17.2 Å². The molecule has 0 fully saturated rings. The summed E-state index contributed by atoms with van der Waals surface area (Å²) in [5.74, 6) is 0.416. The molecule has 5 nitrogen and oxygen atoms in total. The summed E-state index contributed by atoms with van der Waals surface area (Å²) in [6.07, 6.45) is 0. The van der Waals surface area contributed by atoms with Gasteiger partial charge in [-0.05, 0) is 42.0 Å². The molecule has 0 aliphatic carbocycles. The van der Waals surface area contributed by atoms with Crippen LogP contribution in [0.4, 0.5) is 0 Å². The Kier molecular flexibility index (Phi) is 6.45. The number of ether oxygens (including phenoxy) is 1. The second kappa shape index (κ2) is 9.19. The minimum Gasteiger partial charge on any atom is -0.492 e. The standard InChI is InChI=1S/C22H21NO4S/c24-22(23-15-16-27-20-7-3-1-4-8-20)19-13-11-18(12-14-19)17-28(25,26)21-9-5-2-6-10-21/h1-14H,15-17H2,(H,23,24). The van der Waals surface area contributed by atoms with Crippen molar-refractivity contribution in [3.8, 4) is 5.75 Å². The van der Waals surface area contributed by atoms with E-state index in [4.69, 9.17) is 4.74 Å². The average molecular weight is 395 g/mol. The fraction of sp³-hybridized carbons (Fsp3) is 0.136. The molecular formula is C22H21NO4S. The van der Waals surface area contributed by atoms with Crippen LogP contribution in [0.5, 0.6) is 5.75 Å². The first-order valence-corrected chi connectivity index (χ1v) is 10.5. The van der Waals surface area contributed by atoms with Crippen LogP contribution in [0.25, 0.3) is 0 Å². The van der Waals surface area contributed by atoms with E-state index < -0.39 is 9.84 Å². The molecule has 144 valence electrons. The molecule has 3 aromatic carbocycles. The molecule has 28 heavy (non-hydrogen) atoms. The van der Waals surface area contributed by atoms with Crippen molar-refractivity contribution in [1.82, 2.24) is 5.32 Å². The third-order valence-electron chi connectivity index (χ3n) is 4.07. The van der Waals surface area contributed by atoms with Gasteiger partial charge in [0.1, 0.15) is 12.4 Å². The van der Waals surface area contributed by atoms with Gasteiger partial charge in [-0.25, -0.2) is 8.42 Å². The maximum absolute atomic E-state index is 12.4. The fourth-order valence-electron chi connectivity index (χ4n) is 2.64. The lowest BCUT2D eigenvalue weighted by atomic mass is 10.1. The van der Waals surface area contributed by atoms with Crippen molar-refractivity contribution in [3.05, 3.63) is 96.1 Å². The summed E-state index contributed by atoms with van der Waals surface area (Å²) in [7, 11) is -3.41. The lowest BCUT2D eigenvalue weighted by Crippen LogP contribution is -2.28. The van der Waals surface area contributed by atoms with E-state index in [-0.39, 0.29) is 16.6 Å². The molecule has 1 N–H and O–H groups in total. The Balaban J connectivity index is 1.51. The van der Waals surface area contributed by atoms with Gasteiger partial charge in [-0.1, -0.05) is 48.5 Å². The van der Waals surface area contributed by atoms with Gasteiger partial charge in [0.15, 0.2) is 9.84 Å². The summed E-state index contributed by atoms with van der Waals surface area (Å²) in [6, 6.07) is 24.3. The number of hydrogen-bond donors (Lipinski definition) is 1. The van der Waals surface area contributed by atoms with Crippen molar-refractivity contribution in [2.45, 2.75) is 10.6 Å². The number of hydrogen-bond acceptors (Lipinski definition) is 4. The second-order valence-electron chi connectivity index (χ2n) is 6.19. The van der Waals surface area contributed by atoms with Crippen LogP contribution in [0.3, 0.4) is 0 Å². The monoisotopic (exact) mass is 395 g/mol. The molecule has 6 heteroatoms. The fourth-order valence-corrected chi connectivity index (χ4v) is 4.00. The minimum atomic E-state index is -3.41. The number of carbonyl (C=O) groups is 1. The Morgan fingerprint density at radius 2 is 1.43 bits per heavy atom. The molecule has 0 aromatic heterocycles. The molecule has 0 aliphatic heterocycles. The number of rotatable bonds is 8. The smallest absolute Gasteiger partial charge is 0.251 e. The Bertz CT molecular complexity index is 1000. The highest BCUT2D eigenvalue weighted by Gasteiger charge is 2.15. The zero-order valence-electron chi connectivity index (χ0n) is 15.2. The predicted molar refractivity (Wildman–Crippen MR) is 108 cm³/mol. The molecule has 0 unspecified atom stereocenters. The van der Waals surface area contributed by atoms with Crippen LogP contribution in [0.2, 0.25) is 0 Å². The van der Waals surface area contributed by atoms with Crippen molar-refractivity contribution in [3.63, 3.8) is 0 Å². The van der Waals surface area contributed by atoms with Gasteiger partial charge >= 0.3 is 0 Å².